The van der Waals surface area contributed by atoms with Crippen molar-refractivity contribution in [2.45, 2.75) is 6.42 Å². The number of carbonyl (C=O) groups is 1. The molecule has 0 spiro atoms. The first-order chi connectivity index (χ1) is 4.68. The van der Waals surface area contributed by atoms with Crippen LogP contribution in [0.4, 0.5) is 0 Å². The molecule has 0 saturated heterocycles. The van der Waals surface area contributed by atoms with Crippen molar-refractivity contribution in [3.05, 3.63) is 25.3 Å². The van der Waals surface area contributed by atoms with E-state index in [1.807, 2.05) is 12.2 Å². The summed E-state index contributed by atoms with van der Waals surface area (Å²) in [6.07, 6.45) is 4.54. The number of aliphatic hydroxyl groups excluding tert-OH is 1. The van der Waals surface area contributed by atoms with Crippen LogP contribution in [-0.2, 0) is 4.79 Å². The van der Waals surface area contributed by atoms with Crippen molar-refractivity contribution in [1.29, 1.82) is 0 Å². The van der Waals surface area contributed by atoms with Gasteiger partial charge in [-0.25, -0.2) is 4.79 Å². The Morgan fingerprint density at radius 1 is 1.40 bits per heavy atom. The fourth-order valence-corrected chi connectivity index (χ4v) is 0.118. The molecule has 0 aliphatic carbocycles. The van der Waals surface area contributed by atoms with Gasteiger partial charge in [0.1, 0.15) is 6.61 Å². The van der Waals surface area contributed by atoms with E-state index in [-0.39, 0.29) is 0 Å². The molecule has 0 rings (SSSR count). The highest BCUT2D eigenvalue weighted by Gasteiger charge is 1.82. The topological polar surface area (TPSA) is 57.5 Å². The summed E-state index contributed by atoms with van der Waals surface area (Å²) in [7, 11) is 0. The predicted molar refractivity (Wildman–Crippen MR) is 39.7 cm³/mol. The van der Waals surface area contributed by atoms with E-state index in [0.717, 1.165) is 6.42 Å². The van der Waals surface area contributed by atoms with Gasteiger partial charge in [0.2, 0.25) is 0 Å². The summed E-state index contributed by atoms with van der Waals surface area (Å²) in [5, 5.41) is 15.0. The lowest BCUT2D eigenvalue weighted by molar-refractivity contribution is -0.140. The van der Waals surface area contributed by atoms with Crippen molar-refractivity contribution in [2.75, 3.05) is 6.61 Å². The maximum atomic E-state index is 9.12. The van der Waals surface area contributed by atoms with E-state index in [1.54, 1.807) is 0 Å². The van der Waals surface area contributed by atoms with Crippen LogP contribution >= 0.6 is 0 Å². The van der Waals surface area contributed by atoms with Crippen LogP contribution in [0.25, 0.3) is 0 Å². The first-order valence-corrected chi connectivity index (χ1v) is 2.73. The number of aliphatic hydroxyl groups is 1. The highest BCUT2D eigenvalue weighted by Crippen LogP contribution is 1.73. The van der Waals surface area contributed by atoms with Crippen LogP contribution in [0.2, 0.25) is 0 Å². The third kappa shape index (κ3) is 28.5. The van der Waals surface area contributed by atoms with Gasteiger partial charge in [-0.15, -0.1) is 13.2 Å². The van der Waals surface area contributed by atoms with Gasteiger partial charge in [-0.3, -0.25) is 0 Å². The minimum Gasteiger partial charge on any atom is -0.480 e. The van der Waals surface area contributed by atoms with Crippen molar-refractivity contribution in [2.24, 2.45) is 0 Å². The second-order valence-corrected chi connectivity index (χ2v) is 1.36. The molecule has 0 amide bonds. The Balaban J connectivity index is 0. The van der Waals surface area contributed by atoms with Gasteiger partial charge < -0.3 is 10.2 Å². The molecule has 0 aromatic heterocycles. The lowest BCUT2D eigenvalue weighted by Gasteiger charge is -1.72. The smallest absolute Gasteiger partial charge is 0.329 e. The Morgan fingerprint density at radius 2 is 1.70 bits per heavy atom. The molecule has 3 heteroatoms. The van der Waals surface area contributed by atoms with Crippen molar-refractivity contribution < 1.29 is 15.0 Å². The van der Waals surface area contributed by atoms with Gasteiger partial charge in [-0.1, -0.05) is 12.2 Å². The molecule has 0 unspecified atom stereocenters. The summed E-state index contributed by atoms with van der Waals surface area (Å²) in [6.45, 7) is 6.18. The summed E-state index contributed by atoms with van der Waals surface area (Å²) < 4.78 is 0. The maximum absolute atomic E-state index is 9.12. The molecule has 0 fully saturated rings. The Kier molecular flexibility index (Phi) is 12.6. The Labute approximate surface area is 60.3 Å². The fraction of sp³-hybridized carbons (Fsp3) is 0.286. The highest BCUT2D eigenvalue weighted by atomic mass is 16.4. The maximum Gasteiger partial charge on any atom is 0.329 e. The lowest BCUT2D eigenvalue weighted by Crippen LogP contribution is -1.98. The summed E-state index contributed by atoms with van der Waals surface area (Å²) in [6, 6.07) is 0. The molecule has 0 radical (unpaired) electrons. The van der Waals surface area contributed by atoms with E-state index in [1.165, 1.54) is 0 Å². The molecule has 0 aromatic rings. The number of hydrogen-bond acceptors (Lipinski definition) is 2. The molecular formula is C7H12O3. The van der Waals surface area contributed by atoms with Crippen LogP contribution in [0.3, 0.4) is 0 Å². The molecule has 3 nitrogen and oxygen atoms in total. The molecular weight excluding hydrogens is 132 g/mol. The van der Waals surface area contributed by atoms with Crippen LogP contribution in [0.15, 0.2) is 25.3 Å². The SMILES string of the molecule is C=CCC=C.O=C(O)CO. The number of carboxylic acid groups (broad SMARTS) is 1. The molecule has 0 atom stereocenters. The second kappa shape index (κ2) is 10.8. The van der Waals surface area contributed by atoms with Crippen molar-refractivity contribution in [3.63, 3.8) is 0 Å². The molecule has 0 heterocycles. The quantitative estimate of drug-likeness (QED) is 0.576. The van der Waals surface area contributed by atoms with E-state index < -0.39 is 12.6 Å². The van der Waals surface area contributed by atoms with E-state index in [4.69, 9.17) is 15.0 Å². The first kappa shape index (κ1) is 11.7. The zero-order valence-electron chi connectivity index (χ0n) is 5.79. The minimum absolute atomic E-state index is 0.778. The predicted octanol–water partition coefficient (Wildman–Crippen LogP) is 0.812. The molecule has 2 N–H and O–H groups in total. The van der Waals surface area contributed by atoms with Crippen LogP contribution in [-0.4, -0.2) is 22.8 Å². The zero-order chi connectivity index (χ0) is 8.41. The van der Waals surface area contributed by atoms with Gasteiger partial charge in [0, 0.05) is 0 Å². The average molecular weight is 144 g/mol. The summed E-state index contributed by atoms with van der Waals surface area (Å²) in [5.41, 5.74) is 0. The number of rotatable bonds is 3. The Morgan fingerprint density at radius 3 is 1.70 bits per heavy atom. The van der Waals surface area contributed by atoms with Crippen LogP contribution in [0.1, 0.15) is 6.42 Å². The molecule has 10 heavy (non-hydrogen) atoms. The molecule has 58 valence electrons. The lowest BCUT2D eigenvalue weighted by atomic mass is 10.4. The summed E-state index contributed by atoms with van der Waals surface area (Å²) in [5.74, 6) is -1.19. The fourth-order valence-electron chi connectivity index (χ4n) is 0.118. The standard InChI is InChI=1S/C5H8.C2H4O3/c1-3-5-4-2;3-1-2(4)5/h3-4H,1-2,5H2;3H,1H2,(H,4,5). The molecule has 0 aromatic carbocycles. The zero-order valence-corrected chi connectivity index (χ0v) is 5.79. The Bertz CT molecular complexity index is 101. The molecule has 0 aliphatic rings. The van der Waals surface area contributed by atoms with Crippen molar-refractivity contribution in [1.82, 2.24) is 0 Å². The van der Waals surface area contributed by atoms with Crippen LogP contribution < -0.4 is 0 Å². The van der Waals surface area contributed by atoms with Gasteiger partial charge in [0.25, 0.3) is 0 Å². The van der Waals surface area contributed by atoms with Crippen molar-refractivity contribution >= 4 is 5.97 Å². The van der Waals surface area contributed by atoms with Crippen LogP contribution in [0, 0.1) is 0 Å². The third-order valence-corrected chi connectivity index (χ3v) is 0.469. The normalized spacial score (nSPS) is 6.90. The number of carboxylic acids is 1. The molecule has 0 saturated carbocycles. The van der Waals surface area contributed by atoms with E-state index in [0.29, 0.717) is 0 Å². The van der Waals surface area contributed by atoms with Gasteiger partial charge in [0.05, 0.1) is 0 Å². The Hall–Kier alpha value is -1.09. The highest BCUT2D eigenvalue weighted by molar-refractivity contribution is 5.67. The third-order valence-electron chi connectivity index (χ3n) is 0.469. The number of allylic oxidation sites excluding steroid dienone is 2. The number of hydrogen-bond donors (Lipinski definition) is 2. The summed E-state index contributed by atoms with van der Waals surface area (Å²) >= 11 is 0. The van der Waals surface area contributed by atoms with E-state index in [2.05, 4.69) is 13.2 Å². The van der Waals surface area contributed by atoms with E-state index >= 15 is 0 Å². The van der Waals surface area contributed by atoms with Crippen molar-refractivity contribution in [3.8, 4) is 0 Å². The largest absolute Gasteiger partial charge is 0.480 e. The van der Waals surface area contributed by atoms with E-state index in [9.17, 15) is 0 Å². The average Bonchev–Trinajstić information content (AvgIpc) is 1.91. The van der Waals surface area contributed by atoms with Crippen LogP contribution in [0.5, 0.6) is 0 Å². The molecule has 0 bridgehead atoms. The van der Waals surface area contributed by atoms with Gasteiger partial charge in [-0.2, -0.15) is 0 Å². The minimum atomic E-state index is -1.19. The van der Waals surface area contributed by atoms with Gasteiger partial charge in [0.15, 0.2) is 0 Å². The van der Waals surface area contributed by atoms with Gasteiger partial charge in [-0.05, 0) is 6.42 Å². The summed E-state index contributed by atoms with van der Waals surface area (Å²) in [4.78, 5) is 9.12. The first-order valence-electron chi connectivity index (χ1n) is 2.73. The monoisotopic (exact) mass is 144 g/mol. The second-order valence-electron chi connectivity index (χ2n) is 1.36. The van der Waals surface area contributed by atoms with Gasteiger partial charge >= 0.3 is 5.97 Å². The molecule has 0 aliphatic heterocycles. The number of aliphatic carboxylic acids is 1.